The van der Waals surface area contributed by atoms with Gasteiger partial charge in [-0.25, -0.2) is 0 Å². The first kappa shape index (κ1) is 23.0. The van der Waals surface area contributed by atoms with E-state index in [0.717, 1.165) is 6.92 Å². The fraction of sp³-hybridized carbons (Fsp3) is 0.500. The molecular weight excluding hydrogens is 355 g/mol. The van der Waals surface area contributed by atoms with Gasteiger partial charge in [0.15, 0.2) is 0 Å². The first-order chi connectivity index (χ1) is 9.05. The zero-order valence-electron chi connectivity index (χ0n) is 11.1. The Balaban J connectivity index is 0. The van der Waals surface area contributed by atoms with Crippen molar-refractivity contribution in [3.8, 4) is 0 Å². The van der Waals surface area contributed by atoms with E-state index < -0.39 is 53.7 Å². The van der Waals surface area contributed by atoms with E-state index >= 15 is 0 Å². The summed E-state index contributed by atoms with van der Waals surface area (Å²) < 4.78 is 22.0. The number of carbonyl (C=O) groups is 4. The molecule has 0 fully saturated rings. The molecule has 0 heterocycles. The second kappa shape index (κ2) is 5.11. The van der Waals surface area contributed by atoms with Crippen molar-refractivity contribution in [1.29, 1.82) is 8.40 Å². The predicted octanol–water partition coefficient (Wildman–Crippen LogP) is -0.109. The molecule has 0 bridgehead atoms. The Bertz CT molecular complexity index is 993. The minimum absolute atomic E-state index is 0. The Labute approximate surface area is 142 Å². The van der Waals surface area contributed by atoms with E-state index in [1.54, 1.807) is 0 Å². The maximum absolute atomic E-state index is 11.1. The van der Waals surface area contributed by atoms with Crippen molar-refractivity contribution in [2.45, 2.75) is 28.2 Å². The number of carboxylic acid groups (broad SMARTS) is 4. The molecule has 0 aromatic carbocycles. The van der Waals surface area contributed by atoms with Crippen LogP contribution in [0.15, 0.2) is 0 Å². The molecule has 4 N–H and O–H groups in total. The summed E-state index contributed by atoms with van der Waals surface area (Å²) >= 11 is 0. The van der Waals surface area contributed by atoms with Crippen LogP contribution in [-0.2, 0) is 27.7 Å². The monoisotopic (exact) mass is 372 g/mol. The average Bonchev–Trinajstić information content (AvgIpc) is 2.10. The van der Waals surface area contributed by atoms with Gasteiger partial charge in [-0.3, -0.25) is 0 Å². The van der Waals surface area contributed by atoms with Gasteiger partial charge < -0.3 is 0 Å². The molecule has 0 aromatic heterocycles. The van der Waals surface area contributed by atoms with Gasteiger partial charge in [0, 0.05) is 0 Å². The molecule has 22 heavy (non-hydrogen) atoms. The molecule has 0 spiro atoms. The van der Waals surface area contributed by atoms with Crippen LogP contribution in [0.25, 0.3) is 0 Å². The fourth-order valence-corrected chi connectivity index (χ4v) is 8.62. The molecule has 0 saturated heterocycles. The van der Waals surface area contributed by atoms with Gasteiger partial charge in [0.25, 0.3) is 0 Å². The van der Waals surface area contributed by atoms with Gasteiger partial charge in [-0.05, 0) is 0 Å². The molecule has 0 aliphatic heterocycles. The van der Waals surface area contributed by atoms with Gasteiger partial charge >= 0.3 is 143 Å². The van der Waals surface area contributed by atoms with Crippen LogP contribution in [0.1, 0.15) is 6.92 Å². The molecular formula is C10H17FeN2NaO8. The Hall–Kier alpha value is -1.31. The Morgan fingerprint density at radius 2 is 0.955 bits per heavy atom. The van der Waals surface area contributed by atoms with E-state index in [2.05, 4.69) is 0 Å². The summed E-state index contributed by atoms with van der Waals surface area (Å²) in [6.07, 6.45) is 0. The van der Waals surface area contributed by atoms with E-state index in [9.17, 15) is 27.6 Å². The summed E-state index contributed by atoms with van der Waals surface area (Å²) in [5.41, 5.74) is 0. The van der Waals surface area contributed by atoms with Gasteiger partial charge in [-0.2, -0.15) is 0 Å². The summed E-state index contributed by atoms with van der Waals surface area (Å²) in [7, 11) is -7.58. The van der Waals surface area contributed by atoms with Crippen molar-refractivity contribution >= 4 is 58.4 Å². The SMILES string of the molecule is C[CH]=[Fe](#[N])(#[N])([CH2]C(=O)O)([CH2]C(=O)O)([CH2]C(=O)O)[CH2]C(=O)O.[NaH]. The maximum atomic E-state index is 11.1. The van der Waals surface area contributed by atoms with Crippen molar-refractivity contribution in [2.75, 3.05) is 0 Å². The summed E-state index contributed by atoms with van der Waals surface area (Å²) in [4.78, 5) is 44.6. The van der Waals surface area contributed by atoms with E-state index in [-0.39, 0.29) is 29.6 Å². The molecule has 10 nitrogen and oxygen atoms in total. The molecule has 0 aliphatic rings. The molecule has 0 aliphatic carbocycles. The van der Waals surface area contributed by atoms with Crippen molar-refractivity contribution < 1.29 is 48.1 Å². The topological polar surface area (TPSA) is 197 Å². The standard InChI is InChI=1S/4C2H3O2.C2H4.Fe.2N.Na.H/c4*1-2(3)4;1-2;;;;;/h4*1H2,(H,3,4);1H,2H3;;;;;. The zero-order chi connectivity index (χ0) is 17.2. The normalized spacial score (nSPS) is 15.7. The van der Waals surface area contributed by atoms with Crippen LogP contribution in [0.4, 0.5) is 0 Å². The number of hydrogen-bond donors (Lipinski definition) is 4. The molecule has 12 heteroatoms. The zero-order valence-corrected chi connectivity index (χ0v) is 12.2. The number of hydrogen-bond acceptors (Lipinski definition) is 6. The Morgan fingerprint density at radius 3 is 1.05 bits per heavy atom. The van der Waals surface area contributed by atoms with Crippen LogP contribution in [0, 0.1) is 8.40 Å². The minimum atomic E-state index is -7.58. The first-order valence-corrected chi connectivity index (χ1v) is 9.97. The van der Waals surface area contributed by atoms with Crippen molar-refractivity contribution in [3.05, 3.63) is 0 Å². The third-order valence-electron chi connectivity index (χ3n) is 2.98. The van der Waals surface area contributed by atoms with Gasteiger partial charge in [0.2, 0.25) is 0 Å². The van der Waals surface area contributed by atoms with Crippen LogP contribution in [-0.4, -0.2) is 78.8 Å². The number of rotatable bonds is 4. The van der Waals surface area contributed by atoms with E-state index in [1.807, 2.05) is 0 Å². The number of aliphatic carboxylic acids is 4. The summed E-state index contributed by atoms with van der Waals surface area (Å²) in [6, 6.07) is 0. The third kappa shape index (κ3) is 4.34. The van der Waals surface area contributed by atoms with Crippen LogP contribution in [0.2, 0.25) is 21.3 Å². The van der Waals surface area contributed by atoms with Crippen molar-refractivity contribution in [1.82, 2.24) is 0 Å². The molecule has 0 amide bonds. The fourth-order valence-electron chi connectivity index (χ4n) is 2.09. The van der Waals surface area contributed by atoms with Gasteiger partial charge in [-0.1, -0.05) is 0 Å². The Kier molecular flexibility index (Phi) is 5.33. The van der Waals surface area contributed by atoms with E-state index in [0.29, 0.717) is 4.92 Å². The van der Waals surface area contributed by atoms with E-state index in [1.165, 1.54) is 0 Å². The third-order valence-corrected chi connectivity index (χ3v) is 12.3. The van der Waals surface area contributed by atoms with Crippen LogP contribution in [0.3, 0.4) is 0 Å². The summed E-state index contributed by atoms with van der Waals surface area (Å²) in [6.45, 7) is 0.853. The first-order valence-electron chi connectivity index (χ1n) is 5.22. The number of carboxylic acids is 4. The Morgan fingerprint density at radius 1 is 0.773 bits per heavy atom. The van der Waals surface area contributed by atoms with Crippen molar-refractivity contribution in [2.24, 2.45) is 0 Å². The van der Waals surface area contributed by atoms with Crippen molar-refractivity contribution in [3.63, 3.8) is 0 Å². The molecule has 0 atom stereocenters. The molecule has 0 aromatic rings. The second-order valence-corrected chi connectivity index (χ2v) is 16.0. The van der Waals surface area contributed by atoms with Gasteiger partial charge in [0.1, 0.15) is 0 Å². The second-order valence-electron chi connectivity index (χ2n) is 5.06. The number of nitrogens with zero attached hydrogens (tertiary/aromatic N) is 2. The van der Waals surface area contributed by atoms with Crippen LogP contribution in [0.5, 0.6) is 0 Å². The van der Waals surface area contributed by atoms with Crippen LogP contribution >= 0.6 is 0 Å². The molecule has 0 rings (SSSR count). The molecule has 0 radical (unpaired) electrons. The van der Waals surface area contributed by atoms with Gasteiger partial charge in [-0.15, -0.1) is 0 Å². The summed E-state index contributed by atoms with van der Waals surface area (Å²) in [5, 5.41) is 28.9. The summed E-state index contributed by atoms with van der Waals surface area (Å²) in [5.74, 6) is -7.68. The molecule has 0 saturated carbocycles. The van der Waals surface area contributed by atoms with Crippen LogP contribution < -0.4 is 0 Å². The quantitative estimate of drug-likeness (QED) is 0.483. The average molecular weight is 372 g/mol. The predicted molar refractivity (Wildman–Crippen MR) is 72.1 cm³/mol. The molecule has 0 unspecified atom stereocenters. The molecule has 124 valence electrons. The van der Waals surface area contributed by atoms with E-state index in [4.69, 9.17) is 20.4 Å². The van der Waals surface area contributed by atoms with Gasteiger partial charge in [0.05, 0.1) is 0 Å².